The standard InChI is InChI=1S/C13H13N5S/c1-14-13-12(16-17-19-13)9-18-8-11(7-15-18)10-5-3-2-4-6-10/h2-8,14H,9H2,1H3. The molecular formula is C13H13N5S. The van der Waals surface area contributed by atoms with Crippen molar-refractivity contribution < 1.29 is 0 Å². The molecule has 1 aromatic carbocycles. The van der Waals surface area contributed by atoms with Crippen LogP contribution in [0, 0.1) is 0 Å². The van der Waals surface area contributed by atoms with Crippen LogP contribution < -0.4 is 5.32 Å². The Morgan fingerprint density at radius 1 is 1.21 bits per heavy atom. The molecule has 0 saturated carbocycles. The lowest BCUT2D eigenvalue weighted by Gasteiger charge is -2.00. The summed E-state index contributed by atoms with van der Waals surface area (Å²) < 4.78 is 5.82. The van der Waals surface area contributed by atoms with Crippen LogP contribution in [-0.2, 0) is 6.54 Å². The fourth-order valence-electron chi connectivity index (χ4n) is 1.89. The van der Waals surface area contributed by atoms with Crippen molar-refractivity contribution >= 4 is 16.5 Å². The van der Waals surface area contributed by atoms with Gasteiger partial charge in [-0.3, -0.25) is 4.68 Å². The number of hydrogen-bond donors (Lipinski definition) is 1. The first-order chi connectivity index (χ1) is 9.36. The highest BCUT2D eigenvalue weighted by Crippen LogP contribution is 2.20. The van der Waals surface area contributed by atoms with Gasteiger partial charge in [-0.25, -0.2) is 0 Å². The highest BCUT2D eigenvalue weighted by atomic mass is 32.1. The van der Waals surface area contributed by atoms with E-state index in [4.69, 9.17) is 0 Å². The van der Waals surface area contributed by atoms with Gasteiger partial charge < -0.3 is 5.32 Å². The van der Waals surface area contributed by atoms with Gasteiger partial charge in [0.25, 0.3) is 0 Å². The van der Waals surface area contributed by atoms with E-state index in [1.54, 1.807) is 0 Å². The van der Waals surface area contributed by atoms with Crippen LogP contribution in [0.4, 0.5) is 5.00 Å². The van der Waals surface area contributed by atoms with Crippen molar-refractivity contribution in [2.75, 3.05) is 12.4 Å². The lowest BCUT2D eigenvalue weighted by molar-refractivity contribution is 0.671. The maximum Gasteiger partial charge on any atom is 0.135 e. The molecule has 2 heterocycles. The van der Waals surface area contributed by atoms with E-state index in [-0.39, 0.29) is 0 Å². The predicted molar refractivity (Wildman–Crippen MR) is 76.2 cm³/mol. The third-order valence-electron chi connectivity index (χ3n) is 2.83. The van der Waals surface area contributed by atoms with E-state index in [2.05, 4.69) is 32.1 Å². The molecule has 0 atom stereocenters. The zero-order valence-corrected chi connectivity index (χ0v) is 11.3. The Morgan fingerprint density at radius 3 is 2.84 bits per heavy atom. The van der Waals surface area contributed by atoms with Gasteiger partial charge in [0.1, 0.15) is 10.7 Å². The molecular weight excluding hydrogens is 258 g/mol. The van der Waals surface area contributed by atoms with E-state index in [9.17, 15) is 0 Å². The first-order valence-corrected chi connectivity index (χ1v) is 6.71. The summed E-state index contributed by atoms with van der Waals surface area (Å²) in [7, 11) is 1.87. The molecule has 0 saturated heterocycles. The summed E-state index contributed by atoms with van der Waals surface area (Å²) in [5.74, 6) is 0. The fourth-order valence-corrected chi connectivity index (χ4v) is 2.41. The Hall–Kier alpha value is -2.21. The van der Waals surface area contributed by atoms with Gasteiger partial charge in [-0.15, -0.1) is 5.10 Å². The molecule has 0 aliphatic heterocycles. The Kier molecular flexibility index (Phi) is 3.24. The molecule has 96 valence electrons. The number of benzene rings is 1. The van der Waals surface area contributed by atoms with Crippen LogP contribution in [0.2, 0.25) is 0 Å². The van der Waals surface area contributed by atoms with Crippen molar-refractivity contribution in [3.8, 4) is 11.1 Å². The maximum absolute atomic E-state index is 4.37. The van der Waals surface area contributed by atoms with Crippen LogP contribution in [0.5, 0.6) is 0 Å². The van der Waals surface area contributed by atoms with E-state index in [1.165, 1.54) is 17.1 Å². The Morgan fingerprint density at radius 2 is 2.05 bits per heavy atom. The molecule has 0 aliphatic carbocycles. The molecule has 2 aromatic heterocycles. The van der Waals surface area contributed by atoms with Gasteiger partial charge in [0.2, 0.25) is 0 Å². The van der Waals surface area contributed by atoms with Crippen molar-refractivity contribution in [1.82, 2.24) is 19.4 Å². The third-order valence-corrected chi connectivity index (χ3v) is 3.62. The lowest BCUT2D eigenvalue weighted by Crippen LogP contribution is -2.02. The molecule has 5 nitrogen and oxygen atoms in total. The lowest BCUT2D eigenvalue weighted by atomic mass is 10.1. The number of nitrogens with one attached hydrogen (secondary N) is 1. The molecule has 0 bridgehead atoms. The molecule has 3 rings (SSSR count). The molecule has 0 amide bonds. The zero-order valence-electron chi connectivity index (χ0n) is 10.4. The Bertz CT molecular complexity index is 658. The van der Waals surface area contributed by atoms with Crippen LogP contribution in [-0.4, -0.2) is 26.4 Å². The van der Waals surface area contributed by atoms with Gasteiger partial charge in [0.15, 0.2) is 0 Å². The van der Waals surface area contributed by atoms with Gasteiger partial charge >= 0.3 is 0 Å². The SMILES string of the molecule is CNc1snnc1Cn1cc(-c2ccccc2)cn1. The van der Waals surface area contributed by atoms with Crippen LogP contribution in [0.3, 0.4) is 0 Å². The largest absolute Gasteiger partial charge is 0.377 e. The van der Waals surface area contributed by atoms with Gasteiger partial charge in [0, 0.05) is 30.3 Å². The molecule has 0 aliphatic rings. The first kappa shape index (κ1) is 11.9. The third kappa shape index (κ3) is 2.48. The van der Waals surface area contributed by atoms with Gasteiger partial charge in [0.05, 0.1) is 12.7 Å². The molecule has 0 radical (unpaired) electrons. The van der Waals surface area contributed by atoms with Crippen molar-refractivity contribution in [3.63, 3.8) is 0 Å². The Labute approximate surface area is 115 Å². The molecule has 0 spiro atoms. The minimum absolute atomic E-state index is 0.625. The van der Waals surface area contributed by atoms with E-state index in [1.807, 2.05) is 42.3 Å². The van der Waals surface area contributed by atoms with Gasteiger partial charge in [-0.2, -0.15) is 5.10 Å². The maximum atomic E-state index is 4.37. The van der Waals surface area contributed by atoms with E-state index < -0.39 is 0 Å². The van der Waals surface area contributed by atoms with E-state index >= 15 is 0 Å². The first-order valence-electron chi connectivity index (χ1n) is 5.93. The zero-order chi connectivity index (χ0) is 13.1. The van der Waals surface area contributed by atoms with Gasteiger partial charge in [-0.1, -0.05) is 34.8 Å². The Balaban J connectivity index is 1.82. The van der Waals surface area contributed by atoms with E-state index in [0.29, 0.717) is 6.54 Å². The minimum Gasteiger partial charge on any atom is -0.377 e. The highest BCUT2D eigenvalue weighted by Gasteiger charge is 2.08. The number of hydrogen-bond acceptors (Lipinski definition) is 5. The summed E-state index contributed by atoms with van der Waals surface area (Å²) >= 11 is 1.36. The highest BCUT2D eigenvalue weighted by molar-refractivity contribution is 7.10. The predicted octanol–water partition coefficient (Wildman–Crippen LogP) is 2.49. The second kappa shape index (κ2) is 5.19. The molecule has 3 aromatic rings. The van der Waals surface area contributed by atoms with Crippen molar-refractivity contribution in [1.29, 1.82) is 0 Å². The molecule has 0 fully saturated rings. The molecule has 0 unspecified atom stereocenters. The summed E-state index contributed by atoms with van der Waals surface area (Å²) in [6.07, 6.45) is 3.89. The van der Waals surface area contributed by atoms with Crippen LogP contribution in [0.25, 0.3) is 11.1 Å². The van der Waals surface area contributed by atoms with Crippen LogP contribution in [0.15, 0.2) is 42.7 Å². The molecule has 19 heavy (non-hydrogen) atoms. The van der Waals surface area contributed by atoms with Gasteiger partial charge in [-0.05, 0) is 5.56 Å². The monoisotopic (exact) mass is 271 g/mol. The second-order valence-corrected chi connectivity index (χ2v) is 4.85. The van der Waals surface area contributed by atoms with Crippen molar-refractivity contribution in [3.05, 3.63) is 48.4 Å². The average Bonchev–Trinajstić information content (AvgIpc) is 3.09. The van der Waals surface area contributed by atoms with Crippen molar-refractivity contribution in [2.45, 2.75) is 6.54 Å². The number of rotatable bonds is 4. The van der Waals surface area contributed by atoms with E-state index in [0.717, 1.165) is 16.3 Å². The van der Waals surface area contributed by atoms with Crippen LogP contribution in [0.1, 0.15) is 5.69 Å². The summed E-state index contributed by atoms with van der Waals surface area (Å²) in [6, 6.07) is 10.2. The number of anilines is 1. The summed E-state index contributed by atoms with van der Waals surface area (Å²) in [6.45, 7) is 0.625. The molecule has 1 N–H and O–H groups in total. The van der Waals surface area contributed by atoms with Crippen molar-refractivity contribution in [2.24, 2.45) is 0 Å². The van der Waals surface area contributed by atoms with Crippen LogP contribution >= 0.6 is 11.5 Å². The summed E-state index contributed by atoms with van der Waals surface area (Å²) in [4.78, 5) is 0. The smallest absolute Gasteiger partial charge is 0.135 e. The second-order valence-electron chi connectivity index (χ2n) is 4.09. The fraction of sp³-hybridized carbons (Fsp3) is 0.154. The quantitative estimate of drug-likeness (QED) is 0.792. The summed E-state index contributed by atoms with van der Waals surface area (Å²) in [5.41, 5.74) is 3.18. The summed E-state index contributed by atoms with van der Waals surface area (Å²) in [5, 5.41) is 12.5. The number of aromatic nitrogens is 4. The topological polar surface area (TPSA) is 55.6 Å². The minimum atomic E-state index is 0.625. The average molecular weight is 271 g/mol. The number of nitrogens with zero attached hydrogens (tertiary/aromatic N) is 4. The molecule has 6 heteroatoms. The normalized spacial score (nSPS) is 10.6.